The van der Waals surface area contributed by atoms with Gasteiger partial charge in [-0.15, -0.1) is 0 Å². The van der Waals surface area contributed by atoms with Crippen molar-refractivity contribution in [2.75, 3.05) is 18.8 Å². The molecule has 0 unspecified atom stereocenters. The molecule has 0 aliphatic carbocycles. The fraction of sp³-hybridized carbons (Fsp3) is 0.636. The molecular formula is C11H17N5O3. The average Bonchev–Trinajstić information content (AvgIpc) is 2.85. The van der Waals surface area contributed by atoms with Gasteiger partial charge in [-0.25, -0.2) is 4.63 Å². The molecule has 104 valence electrons. The molecule has 0 aromatic carbocycles. The van der Waals surface area contributed by atoms with E-state index >= 15 is 0 Å². The number of amides is 2. The lowest BCUT2D eigenvalue weighted by atomic mass is 10.0. The van der Waals surface area contributed by atoms with Gasteiger partial charge in [-0.05, 0) is 23.2 Å². The summed E-state index contributed by atoms with van der Waals surface area (Å²) in [5.74, 6) is -0.236. The van der Waals surface area contributed by atoms with E-state index in [4.69, 9.17) is 5.73 Å². The molecule has 0 spiro atoms. The van der Waals surface area contributed by atoms with Crippen LogP contribution in [0.2, 0.25) is 0 Å². The molecule has 0 saturated carbocycles. The predicted octanol–water partition coefficient (Wildman–Crippen LogP) is -0.217. The zero-order valence-corrected chi connectivity index (χ0v) is 10.8. The molecule has 3 N–H and O–H groups in total. The van der Waals surface area contributed by atoms with Crippen molar-refractivity contribution in [2.45, 2.75) is 32.2 Å². The Hall–Kier alpha value is -2.12. The van der Waals surface area contributed by atoms with E-state index in [1.54, 1.807) is 4.90 Å². The lowest BCUT2D eigenvalue weighted by Gasteiger charge is -2.31. The average molecular weight is 267 g/mol. The third-order valence-corrected chi connectivity index (χ3v) is 3.18. The highest BCUT2D eigenvalue weighted by molar-refractivity contribution is 5.96. The molecule has 1 aliphatic heterocycles. The van der Waals surface area contributed by atoms with Gasteiger partial charge in [0.15, 0.2) is 0 Å². The number of hydrogen-bond acceptors (Lipinski definition) is 6. The van der Waals surface area contributed by atoms with Crippen molar-refractivity contribution in [2.24, 2.45) is 0 Å². The molecule has 0 bridgehead atoms. The Kier molecular flexibility index (Phi) is 3.98. The molecule has 1 saturated heterocycles. The van der Waals surface area contributed by atoms with Crippen molar-refractivity contribution in [3.05, 3.63) is 5.69 Å². The molecule has 1 aromatic heterocycles. The Bertz CT molecular complexity index is 465. The van der Waals surface area contributed by atoms with Gasteiger partial charge in [-0.1, -0.05) is 6.92 Å². The molecular weight excluding hydrogens is 250 g/mol. The summed E-state index contributed by atoms with van der Waals surface area (Å²) in [5, 5.41) is 9.81. The first-order valence-corrected chi connectivity index (χ1v) is 6.28. The molecule has 0 radical (unpaired) electrons. The predicted molar refractivity (Wildman–Crippen MR) is 66.1 cm³/mol. The molecule has 19 heavy (non-hydrogen) atoms. The summed E-state index contributed by atoms with van der Waals surface area (Å²) < 4.78 is 4.42. The quantitative estimate of drug-likeness (QED) is 0.782. The third-order valence-electron chi connectivity index (χ3n) is 3.18. The smallest absolute Gasteiger partial charge is 0.280 e. The summed E-state index contributed by atoms with van der Waals surface area (Å²) >= 11 is 0. The summed E-state index contributed by atoms with van der Waals surface area (Å²) in [7, 11) is 0. The van der Waals surface area contributed by atoms with E-state index < -0.39 is 0 Å². The minimum absolute atomic E-state index is 0.00593. The van der Waals surface area contributed by atoms with Crippen LogP contribution in [0, 0.1) is 0 Å². The number of likely N-dealkylation sites (tertiary alicyclic amines) is 1. The van der Waals surface area contributed by atoms with E-state index in [1.165, 1.54) is 0 Å². The molecule has 1 fully saturated rings. The SMILES string of the molecule is CCC(=O)NC1CCN(C(=O)c2nonc2N)CC1. The highest BCUT2D eigenvalue weighted by Crippen LogP contribution is 2.15. The minimum Gasteiger partial charge on any atom is -0.379 e. The van der Waals surface area contributed by atoms with Gasteiger partial charge in [0, 0.05) is 25.6 Å². The highest BCUT2D eigenvalue weighted by atomic mass is 16.6. The number of hydrogen-bond donors (Lipinski definition) is 2. The molecule has 2 rings (SSSR count). The maximum Gasteiger partial charge on any atom is 0.280 e. The van der Waals surface area contributed by atoms with Gasteiger partial charge in [0.05, 0.1) is 0 Å². The van der Waals surface area contributed by atoms with E-state index in [0.29, 0.717) is 19.5 Å². The van der Waals surface area contributed by atoms with Crippen molar-refractivity contribution >= 4 is 17.6 Å². The topological polar surface area (TPSA) is 114 Å². The number of aromatic nitrogens is 2. The summed E-state index contributed by atoms with van der Waals surface area (Å²) in [6.07, 6.45) is 1.92. The first-order valence-electron chi connectivity index (χ1n) is 6.28. The van der Waals surface area contributed by atoms with Crippen LogP contribution in [0.25, 0.3) is 0 Å². The van der Waals surface area contributed by atoms with Gasteiger partial charge in [0.25, 0.3) is 5.91 Å². The molecule has 1 aliphatic rings. The van der Waals surface area contributed by atoms with Gasteiger partial charge >= 0.3 is 0 Å². The first kappa shape index (κ1) is 13.3. The Morgan fingerprint density at radius 2 is 2.11 bits per heavy atom. The van der Waals surface area contributed by atoms with Crippen LogP contribution in [0.4, 0.5) is 5.82 Å². The normalized spacial score (nSPS) is 16.4. The standard InChI is InChI=1S/C11H17N5O3/c1-2-8(17)13-7-3-5-16(6-4-7)11(18)9-10(12)15-19-14-9/h7H,2-6H2,1H3,(H2,12,15)(H,13,17). The van der Waals surface area contributed by atoms with E-state index in [9.17, 15) is 9.59 Å². The number of piperidine rings is 1. The van der Waals surface area contributed by atoms with E-state index in [2.05, 4.69) is 20.3 Å². The van der Waals surface area contributed by atoms with Gasteiger partial charge in [-0.3, -0.25) is 9.59 Å². The van der Waals surface area contributed by atoms with Crippen LogP contribution < -0.4 is 11.1 Å². The number of anilines is 1. The Balaban J connectivity index is 1.88. The molecule has 2 amide bonds. The summed E-state index contributed by atoms with van der Waals surface area (Å²) in [5.41, 5.74) is 5.54. The largest absolute Gasteiger partial charge is 0.379 e. The summed E-state index contributed by atoms with van der Waals surface area (Å²) in [4.78, 5) is 25.0. The monoisotopic (exact) mass is 267 g/mol. The Morgan fingerprint density at radius 3 is 2.63 bits per heavy atom. The van der Waals surface area contributed by atoms with Crippen molar-refractivity contribution in [1.82, 2.24) is 20.5 Å². The lowest BCUT2D eigenvalue weighted by Crippen LogP contribution is -2.46. The number of carbonyl (C=O) groups is 2. The van der Waals surface area contributed by atoms with E-state index in [1.807, 2.05) is 6.92 Å². The second-order valence-corrected chi connectivity index (χ2v) is 4.49. The Morgan fingerprint density at radius 1 is 1.42 bits per heavy atom. The maximum absolute atomic E-state index is 12.1. The van der Waals surface area contributed by atoms with Crippen LogP contribution >= 0.6 is 0 Å². The van der Waals surface area contributed by atoms with Crippen LogP contribution in [-0.2, 0) is 4.79 Å². The second-order valence-electron chi connectivity index (χ2n) is 4.49. The number of rotatable bonds is 3. The van der Waals surface area contributed by atoms with E-state index in [-0.39, 0.29) is 29.4 Å². The summed E-state index contributed by atoms with van der Waals surface area (Å²) in [6, 6.07) is 0.129. The second kappa shape index (κ2) is 5.68. The summed E-state index contributed by atoms with van der Waals surface area (Å²) in [6.45, 7) is 2.92. The molecule has 2 heterocycles. The van der Waals surface area contributed by atoms with Crippen molar-refractivity contribution in [1.29, 1.82) is 0 Å². The fourth-order valence-electron chi connectivity index (χ4n) is 2.05. The number of nitrogen functional groups attached to an aromatic ring is 1. The van der Waals surface area contributed by atoms with Crippen molar-refractivity contribution < 1.29 is 14.2 Å². The fourth-order valence-corrected chi connectivity index (χ4v) is 2.05. The van der Waals surface area contributed by atoms with Gasteiger partial charge in [0.1, 0.15) is 0 Å². The van der Waals surface area contributed by atoms with Crippen LogP contribution in [0.3, 0.4) is 0 Å². The van der Waals surface area contributed by atoms with Crippen LogP contribution in [-0.4, -0.2) is 46.2 Å². The third kappa shape index (κ3) is 3.01. The van der Waals surface area contributed by atoms with Crippen LogP contribution in [0.15, 0.2) is 4.63 Å². The first-order chi connectivity index (χ1) is 9.11. The van der Waals surface area contributed by atoms with E-state index in [0.717, 1.165) is 12.8 Å². The lowest BCUT2D eigenvalue weighted by molar-refractivity contribution is -0.121. The molecule has 0 atom stereocenters. The highest BCUT2D eigenvalue weighted by Gasteiger charge is 2.27. The van der Waals surface area contributed by atoms with Crippen molar-refractivity contribution in [3.8, 4) is 0 Å². The number of nitrogens with zero attached hydrogens (tertiary/aromatic N) is 3. The maximum atomic E-state index is 12.1. The van der Waals surface area contributed by atoms with Crippen molar-refractivity contribution in [3.63, 3.8) is 0 Å². The van der Waals surface area contributed by atoms with Crippen LogP contribution in [0.1, 0.15) is 36.7 Å². The Labute approximate surface area is 110 Å². The number of nitrogens with two attached hydrogens (primary N) is 1. The van der Waals surface area contributed by atoms with Gasteiger partial charge < -0.3 is 16.0 Å². The molecule has 1 aromatic rings. The van der Waals surface area contributed by atoms with Gasteiger partial charge in [-0.2, -0.15) is 0 Å². The number of carbonyl (C=O) groups excluding carboxylic acids is 2. The van der Waals surface area contributed by atoms with Gasteiger partial charge in [0.2, 0.25) is 17.4 Å². The molecule has 8 nitrogen and oxygen atoms in total. The zero-order valence-electron chi connectivity index (χ0n) is 10.8. The number of nitrogens with one attached hydrogen (secondary N) is 1. The minimum atomic E-state index is -0.279. The molecule has 8 heteroatoms. The van der Waals surface area contributed by atoms with Crippen LogP contribution in [0.5, 0.6) is 0 Å². The zero-order chi connectivity index (χ0) is 13.8.